The molecule has 0 spiro atoms. The van der Waals surface area contributed by atoms with Gasteiger partial charge in [0.1, 0.15) is 6.54 Å². The van der Waals surface area contributed by atoms with Crippen LogP contribution in [0.5, 0.6) is 0 Å². The van der Waals surface area contributed by atoms with Gasteiger partial charge in [-0.25, -0.2) is 0 Å². The van der Waals surface area contributed by atoms with E-state index in [1.54, 1.807) is 16.7 Å². The molecule has 1 saturated heterocycles. The Morgan fingerprint density at radius 3 is 2.48 bits per heavy atom. The Morgan fingerprint density at radius 2 is 1.70 bits per heavy atom. The predicted octanol–water partition coefficient (Wildman–Crippen LogP) is 3.30. The summed E-state index contributed by atoms with van der Waals surface area (Å²) in [7, 11) is 0. The first-order chi connectivity index (χ1) is 13.3. The van der Waals surface area contributed by atoms with Crippen molar-refractivity contribution >= 4 is 28.7 Å². The Balaban J connectivity index is 1.34. The van der Waals surface area contributed by atoms with Crippen LogP contribution in [0.15, 0.2) is 76.7 Å². The van der Waals surface area contributed by atoms with Crippen molar-refractivity contribution in [1.82, 2.24) is 5.01 Å². The van der Waals surface area contributed by atoms with Gasteiger partial charge >= 0.3 is 0 Å². The molecular weight excluding hydrogens is 350 g/mol. The zero-order valence-electron chi connectivity index (χ0n) is 15.8. The number of thioether (sulfide) groups is 1. The summed E-state index contributed by atoms with van der Waals surface area (Å²) in [4.78, 5) is 2.93. The fraction of sp³-hybridized carbons (Fsp3) is 0.261. The second-order valence-corrected chi connectivity index (χ2v) is 7.92. The molecule has 3 aromatic rings. The van der Waals surface area contributed by atoms with Crippen molar-refractivity contribution in [3.63, 3.8) is 0 Å². The number of rotatable bonds is 5. The second-order valence-electron chi connectivity index (χ2n) is 7.04. The minimum atomic E-state index is 1.01. The number of fused-ring (bicyclic) bond motifs is 1. The van der Waals surface area contributed by atoms with Gasteiger partial charge in [0.15, 0.2) is 0 Å². The maximum Gasteiger partial charge on any atom is 0.104 e. The summed E-state index contributed by atoms with van der Waals surface area (Å²) in [5.41, 5.74) is 2.62. The molecule has 3 nitrogen and oxygen atoms in total. The molecule has 4 heteroatoms. The Kier molecular flexibility index (Phi) is 5.75. The van der Waals surface area contributed by atoms with Gasteiger partial charge in [0.05, 0.1) is 32.4 Å². The summed E-state index contributed by atoms with van der Waals surface area (Å²) in [5, 5.41) is 9.62. The molecule has 1 N–H and O–H groups in total. The topological polar surface area (TPSA) is 20.0 Å². The van der Waals surface area contributed by atoms with Crippen LogP contribution < -0.4 is 4.90 Å². The molecule has 0 bridgehead atoms. The Labute approximate surface area is 165 Å². The Bertz CT molecular complexity index is 907. The van der Waals surface area contributed by atoms with Crippen molar-refractivity contribution in [2.45, 2.75) is 11.4 Å². The molecule has 0 radical (unpaired) electrons. The van der Waals surface area contributed by atoms with Gasteiger partial charge in [-0.1, -0.05) is 54.6 Å². The SMILES string of the molecule is CSc1ccc(C=NN2CC[NH+](Cc3cccc4ccccc34)CC2)cc1. The lowest BCUT2D eigenvalue weighted by Gasteiger charge is -2.30. The molecule has 1 aliphatic rings. The maximum absolute atomic E-state index is 4.69. The van der Waals surface area contributed by atoms with E-state index in [1.807, 2.05) is 6.21 Å². The zero-order chi connectivity index (χ0) is 18.5. The van der Waals surface area contributed by atoms with Crippen molar-refractivity contribution < 1.29 is 4.90 Å². The lowest BCUT2D eigenvalue weighted by atomic mass is 10.0. The Morgan fingerprint density at radius 1 is 0.963 bits per heavy atom. The van der Waals surface area contributed by atoms with Crippen LogP contribution in [-0.4, -0.2) is 43.7 Å². The standard InChI is InChI=1S/C23H25N3S/c1-27-22-11-9-19(10-12-22)17-24-26-15-13-25(14-16-26)18-21-7-4-6-20-5-2-3-8-23(20)21/h2-12,17H,13-16,18H2,1H3/p+1. The summed E-state index contributed by atoms with van der Waals surface area (Å²) >= 11 is 1.77. The maximum atomic E-state index is 4.69. The molecule has 1 heterocycles. The summed E-state index contributed by atoms with van der Waals surface area (Å²) in [5.74, 6) is 0. The van der Waals surface area contributed by atoms with Crippen LogP contribution >= 0.6 is 11.8 Å². The van der Waals surface area contributed by atoms with Crippen LogP contribution in [0.25, 0.3) is 10.8 Å². The fourth-order valence-electron chi connectivity index (χ4n) is 3.66. The lowest BCUT2D eigenvalue weighted by Crippen LogP contribution is -3.13. The van der Waals surface area contributed by atoms with Crippen LogP contribution in [0.2, 0.25) is 0 Å². The zero-order valence-corrected chi connectivity index (χ0v) is 16.6. The van der Waals surface area contributed by atoms with E-state index in [0.29, 0.717) is 0 Å². The number of hydrogen-bond acceptors (Lipinski definition) is 3. The molecule has 0 saturated carbocycles. The number of quaternary nitrogens is 1. The van der Waals surface area contributed by atoms with E-state index in [1.165, 1.54) is 26.8 Å². The summed E-state index contributed by atoms with van der Waals surface area (Å²) in [6.45, 7) is 5.38. The fourth-order valence-corrected chi connectivity index (χ4v) is 4.07. The van der Waals surface area contributed by atoms with Gasteiger partial charge in [-0.05, 0) is 34.7 Å². The summed E-state index contributed by atoms with van der Waals surface area (Å²) < 4.78 is 0. The first-order valence-corrected chi connectivity index (χ1v) is 10.8. The molecular formula is C23H26N3S+. The third kappa shape index (κ3) is 4.52. The molecule has 4 rings (SSSR count). The van der Waals surface area contributed by atoms with E-state index >= 15 is 0 Å². The molecule has 0 amide bonds. The lowest BCUT2D eigenvalue weighted by molar-refractivity contribution is -0.918. The van der Waals surface area contributed by atoms with Crippen molar-refractivity contribution in [3.05, 3.63) is 77.9 Å². The quantitative estimate of drug-likeness (QED) is 0.545. The number of benzene rings is 3. The normalized spacial score (nSPS) is 15.7. The smallest absolute Gasteiger partial charge is 0.104 e. The van der Waals surface area contributed by atoms with Crippen molar-refractivity contribution in [2.24, 2.45) is 5.10 Å². The van der Waals surface area contributed by atoms with Crippen LogP contribution in [-0.2, 0) is 6.54 Å². The number of piperazine rings is 1. The summed E-state index contributed by atoms with van der Waals surface area (Å²) in [6.07, 6.45) is 4.09. The monoisotopic (exact) mass is 376 g/mol. The van der Waals surface area contributed by atoms with E-state index in [2.05, 4.69) is 83.1 Å². The summed E-state index contributed by atoms with van der Waals surface area (Å²) in [6, 6.07) is 23.9. The highest BCUT2D eigenvalue weighted by Crippen LogP contribution is 2.17. The Hall–Kier alpha value is -2.30. The number of hydrazone groups is 1. The van der Waals surface area contributed by atoms with Crippen LogP contribution in [0.1, 0.15) is 11.1 Å². The van der Waals surface area contributed by atoms with Gasteiger partial charge in [-0.3, -0.25) is 5.01 Å². The number of hydrogen-bond donors (Lipinski definition) is 1. The average molecular weight is 377 g/mol. The second kappa shape index (κ2) is 8.59. The highest BCUT2D eigenvalue weighted by Gasteiger charge is 2.19. The minimum absolute atomic E-state index is 1.01. The van der Waals surface area contributed by atoms with Gasteiger partial charge in [-0.2, -0.15) is 5.10 Å². The van der Waals surface area contributed by atoms with E-state index in [-0.39, 0.29) is 0 Å². The number of nitrogens with zero attached hydrogens (tertiary/aromatic N) is 2. The van der Waals surface area contributed by atoms with Crippen LogP contribution in [0.4, 0.5) is 0 Å². The largest absolute Gasteiger partial charge is 0.328 e. The first-order valence-electron chi connectivity index (χ1n) is 9.55. The molecule has 0 unspecified atom stereocenters. The van der Waals surface area contributed by atoms with Gasteiger partial charge in [-0.15, -0.1) is 11.8 Å². The molecule has 1 fully saturated rings. The van der Waals surface area contributed by atoms with E-state index in [0.717, 1.165) is 32.7 Å². The third-order valence-corrected chi connectivity index (χ3v) is 6.00. The van der Waals surface area contributed by atoms with Gasteiger partial charge in [0.2, 0.25) is 0 Å². The predicted molar refractivity (Wildman–Crippen MR) is 116 cm³/mol. The molecule has 0 aromatic heterocycles. The average Bonchev–Trinajstić information content (AvgIpc) is 2.74. The van der Waals surface area contributed by atoms with Crippen molar-refractivity contribution in [3.8, 4) is 0 Å². The third-order valence-electron chi connectivity index (χ3n) is 5.25. The molecule has 27 heavy (non-hydrogen) atoms. The number of nitrogens with one attached hydrogen (secondary N) is 1. The van der Waals surface area contributed by atoms with Gasteiger partial charge < -0.3 is 4.90 Å². The minimum Gasteiger partial charge on any atom is -0.328 e. The highest BCUT2D eigenvalue weighted by atomic mass is 32.2. The highest BCUT2D eigenvalue weighted by molar-refractivity contribution is 7.98. The van der Waals surface area contributed by atoms with Gasteiger partial charge in [0, 0.05) is 10.5 Å². The van der Waals surface area contributed by atoms with E-state index < -0.39 is 0 Å². The van der Waals surface area contributed by atoms with E-state index in [4.69, 9.17) is 0 Å². The molecule has 0 atom stereocenters. The molecule has 1 aliphatic heterocycles. The van der Waals surface area contributed by atoms with Crippen LogP contribution in [0.3, 0.4) is 0 Å². The molecule has 138 valence electrons. The van der Waals surface area contributed by atoms with Crippen molar-refractivity contribution in [1.29, 1.82) is 0 Å². The molecule has 0 aliphatic carbocycles. The van der Waals surface area contributed by atoms with E-state index in [9.17, 15) is 0 Å². The van der Waals surface area contributed by atoms with Gasteiger partial charge in [0.25, 0.3) is 0 Å². The first kappa shape index (κ1) is 18.1. The van der Waals surface area contributed by atoms with Crippen molar-refractivity contribution in [2.75, 3.05) is 32.4 Å². The molecule has 3 aromatic carbocycles. The van der Waals surface area contributed by atoms with Crippen LogP contribution in [0, 0.1) is 0 Å².